The van der Waals surface area contributed by atoms with Crippen LogP contribution >= 0.6 is 11.3 Å². The maximum Gasteiger partial charge on any atom is 0.335 e. The number of aryl methyl sites for hydroxylation is 1. The molecule has 2 heterocycles. The highest BCUT2D eigenvalue weighted by Gasteiger charge is 2.47. The average Bonchev–Trinajstić information content (AvgIpc) is 3.23. The molecule has 0 aliphatic carbocycles. The maximum absolute atomic E-state index is 13.2. The van der Waals surface area contributed by atoms with E-state index in [9.17, 15) is 29.6 Å². The molecule has 3 aromatic rings. The number of carbonyl (C=O) groups is 1. The molecule has 0 spiro atoms. The van der Waals surface area contributed by atoms with Crippen molar-refractivity contribution in [3.05, 3.63) is 82.0 Å². The lowest BCUT2D eigenvalue weighted by atomic mass is 9.89. The minimum Gasteiger partial charge on any atom is -0.479 e. The molecule has 1 fully saturated rings. The molecule has 0 bridgehead atoms. The first-order chi connectivity index (χ1) is 15.2. The number of hydrogen-bond donors (Lipinski definition) is 4. The topological polar surface area (TPSA) is 107 Å². The van der Waals surface area contributed by atoms with E-state index in [0.29, 0.717) is 12.0 Å². The zero-order valence-electron chi connectivity index (χ0n) is 17.2. The van der Waals surface area contributed by atoms with Gasteiger partial charge in [-0.2, -0.15) is 0 Å². The molecule has 1 aliphatic rings. The molecular formula is C24H23FO6S. The van der Waals surface area contributed by atoms with Gasteiger partial charge in [0.25, 0.3) is 0 Å². The van der Waals surface area contributed by atoms with Crippen molar-refractivity contribution >= 4 is 17.3 Å². The number of benzene rings is 2. The van der Waals surface area contributed by atoms with E-state index in [2.05, 4.69) is 0 Å². The van der Waals surface area contributed by atoms with Crippen LogP contribution in [0.3, 0.4) is 0 Å². The van der Waals surface area contributed by atoms with E-state index in [4.69, 9.17) is 4.74 Å². The molecule has 0 amide bonds. The van der Waals surface area contributed by atoms with Gasteiger partial charge in [0, 0.05) is 16.2 Å². The predicted molar refractivity (Wildman–Crippen MR) is 117 cm³/mol. The summed E-state index contributed by atoms with van der Waals surface area (Å²) in [6.07, 6.45) is -6.97. The van der Waals surface area contributed by atoms with Gasteiger partial charge in [0.05, 0.1) is 0 Å². The van der Waals surface area contributed by atoms with Crippen molar-refractivity contribution in [2.24, 2.45) is 0 Å². The van der Waals surface area contributed by atoms with Gasteiger partial charge in [-0.05, 0) is 53.4 Å². The fraction of sp³-hybridized carbons (Fsp3) is 0.292. The summed E-state index contributed by atoms with van der Waals surface area (Å²) in [7, 11) is 0. The summed E-state index contributed by atoms with van der Waals surface area (Å²) < 4.78 is 18.6. The summed E-state index contributed by atoms with van der Waals surface area (Å²) in [5, 5.41) is 39.7. The molecule has 0 saturated carbocycles. The van der Waals surface area contributed by atoms with E-state index >= 15 is 0 Å². The molecule has 2 aromatic carbocycles. The second-order valence-electron chi connectivity index (χ2n) is 7.92. The number of ether oxygens (including phenoxy) is 1. The van der Waals surface area contributed by atoms with Gasteiger partial charge in [0.2, 0.25) is 0 Å². The predicted octanol–water partition coefficient (Wildman–Crippen LogP) is 3.06. The minimum absolute atomic E-state index is 0.284. The van der Waals surface area contributed by atoms with Crippen molar-refractivity contribution in [3.63, 3.8) is 0 Å². The lowest BCUT2D eigenvalue weighted by molar-refractivity contribution is -0.229. The smallest absolute Gasteiger partial charge is 0.335 e. The first-order valence-electron chi connectivity index (χ1n) is 10.1. The summed E-state index contributed by atoms with van der Waals surface area (Å²) >= 11 is 1.59. The Hall–Kier alpha value is -2.62. The Bertz CT molecular complexity index is 1110. The van der Waals surface area contributed by atoms with Crippen molar-refractivity contribution in [2.75, 3.05) is 0 Å². The van der Waals surface area contributed by atoms with Gasteiger partial charge < -0.3 is 25.2 Å². The normalized spacial score (nSPS) is 25.6. The fourth-order valence-corrected chi connectivity index (χ4v) is 4.88. The number of aliphatic hydroxyl groups excluding tert-OH is 3. The van der Waals surface area contributed by atoms with Crippen LogP contribution in [0.15, 0.2) is 54.6 Å². The van der Waals surface area contributed by atoms with Crippen LogP contribution in [0.5, 0.6) is 0 Å². The van der Waals surface area contributed by atoms with Crippen LogP contribution in [0.25, 0.3) is 10.4 Å². The largest absolute Gasteiger partial charge is 0.479 e. The van der Waals surface area contributed by atoms with E-state index in [1.165, 1.54) is 12.1 Å². The number of aliphatic hydroxyl groups is 3. The van der Waals surface area contributed by atoms with Crippen molar-refractivity contribution in [1.82, 2.24) is 0 Å². The van der Waals surface area contributed by atoms with Gasteiger partial charge >= 0.3 is 5.97 Å². The molecule has 168 valence electrons. The van der Waals surface area contributed by atoms with Crippen molar-refractivity contribution in [3.8, 4) is 10.4 Å². The second kappa shape index (κ2) is 9.09. The second-order valence-corrected chi connectivity index (χ2v) is 9.09. The molecule has 32 heavy (non-hydrogen) atoms. The molecule has 4 rings (SSSR count). The number of thiophene rings is 1. The highest BCUT2D eigenvalue weighted by molar-refractivity contribution is 7.15. The number of halogens is 1. The number of carboxylic acids is 1. The average molecular weight is 459 g/mol. The molecule has 1 aromatic heterocycles. The van der Waals surface area contributed by atoms with Crippen molar-refractivity contribution in [2.45, 2.75) is 43.9 Å². The maximum atomic E-state index is 13.2. The summed E-state index contributed by atoms with van der Waals surface area (Å²) in [5.41, 5.74) is 3.41. The van der Waals surface area contributed by atoms with Crippen LogP contribution in [0.2, 0.25) is 0 Å². The van der Waals surface area contributed by atoms with E-state index in [1.54, 1.807) is 29.5 Å². The number of hydrogen-bond acceptors (Lipinski definition) is 6. The first-order valence-corrected chi connectivity index (χ1v) is 10.9. The van der Waals surface area contributed by atoms with Gasteiger partial charge in [-0.1, -0.05) is 30.3 Å². The highest BCUT2D eigenvalue weighted by atomic mass is 32.1. The molecule has 4 N–H and O–H groups in total. The van der Waals surface area contributed by atoms with E-state index in [0.717, 1.165) is 26.4 Å². The summed E-state index contributed by atoms with van der Waals surface area (Å²) in [6, 6.07) is 15.7. The van der Waals surface area contributed by atoms with E-state index in [1.807, 2.05) is 31.2 Å². The van der Waals surface area contributed by atoms with Crippen LogP contribution in [-0.2, 0) is 16.0 Å². The lowest BCUT2D eigenvalue weighted by Crippen LogP contribution is -2.56. The van der Waals surface area contributed by atoms with Crippen molar-refractivity contribution < 1.29 is 34.3 Å². The highest BCUT2D eigenvalue weighted by Crippen LogP contribution is 2.35. The molecular weight excluding hydrogens is 435 g/mol. The van der Waals surface area contributed by atoms with Crippen LogP contribution in [0, 0.1) is 12.7 Å². The monoisotopic (exact) mass is 458 g/mol. The molecule has 5 atom stereocenters. The van der Waals surface area contributed by atoms with E-state index < -0.39 is 36.5 Å². The third-order valence-corrected chi connectivity index (χ3v) is 6.85. The Kier molecular flexibility index (Phi) is 6.41. The number of aliphatic carboxylic acids is 1. The summed E-state index contributed by atoms with van der Waals surface area (Å²) in [5.74, 6) is -1.69. The summed E-state index contributed by atoms with van der Waals surface area (Å²) in [6.45, 7) is 1.95. The van der Waals surface area contributed by atoms with Crippen LogP contribution < -0.4 is 0 Å². The third-order valence-electron chi connectivity index (χ3n) is 5.71. The Morgan fingerprint density at radius 3 is 2.41 bits per heavy atom. The quantitative estimate of drug-likeness (QED) is 0.468. The van der Waals surface area contributed by atoms with Gasteiger partial charge in [0.1, 0.15) is 30.2 Å². The number of carboxylic acid groups (broad SMARTS) is 1. The van der Waals surface area contributed by atoms with Crippen LogP contribution in [-0.4, -0.2) is 50.8 Å². The van der Waals surface area contributed by atoms with Gasteiger partial charge in [-0.3, -0.25) is 0 Å². The van der Waals surface area contributed by atoms with E-state index in [-0.39, 0.29) is 5.82 Å². The number of rotatable bonds is 5. The van der Waals surface area contributed by atoms with Crippen LogP contribution in [0.1, 0.15) is 27.7 Å². The third kappa shape index (κ3) is 4.46. The molecule has 2 unspecified atom stereocenters. The summed E-state index contributed by atoms with van der Waals surface area (Å²) in [4.78, 5) is 13.5. The fourth-order valence-electron chi connectivity index (χ4n) is 3.85. The molecule has 0 radical (unpaired) electrons. The standard InChI is InChI=1S/C24H23FO6S/c1-12-2-3-14(22-20(27)19(26)21(28)23(31-22)24(29)30)10-15(12)11-17-8-9-18(32-17)13-4-6-16(25)7-5-13/h2-10,19-23,26-28H,11H2,1H3,(H,29,30)/t19?,20-,21+,22?,23+/m1/s1. The van der Waals surface area contributed by atoms with Gasteiger partial charge in [-0.25, -0.2) is 9.18 Å². The van der Waals surface area contributed by atoms with Crippen LogP contribution in [0.4, 0.5) is 4.39 Å². The Morgan fingerprint density at radius 2 is 1.72 bits per heavy atom. The first kappa shape index (κ1) is 22.6. The molecule has 1 saturated heterocycles. The lowest BCUT2D eigenvalue weighted by Gasteiger charge is -2.39. The van der Waals surface area contributed by atoms with Gasteiger partial charge in [0.15, 0.2) is 6.10 Å². The minimum atomic E-state index is -1.72. The Morgan fingerprint density at radius 1 is 1.00 bits per heavy atom. The zero-order chi connectivity index (χ0) is 23.0. The zero-order valence-corrected chi connectivity index (χ0v) is 18.0. The van der Waals surface area contributed by atoms with Crippen molar-refractivity contribution in [1.29, 1.82) is 0 Å². The Labute approximate surface area is 188 Å². The molecule has 1 aliphatic heterocycles. The van der Waals surface area contributed by atoms with Gasteiger partial charge in [-0.15, -0.1) is 11.3 Å². The molecule has 6 nitrogen and oxygen atoms in total. The molecule has 8 heteroatoms. The SMILES string of the molecule is Cc1ccc(C2O[C@H](C(=O)O)[C@@H](O)C(O)[C@H]2O)cc1Cc1ccc(-c2ccc(F)cc2)s1. The Balaban J connectivity index is 1.58.